The van der Waals surface area contributed by atoms with Crippen LogP contribution in [-0.4, -0.2) is 70.6 Å². The molecule has 154 valence electrons. The SMILES string of the molecule is CSc1cc(C(=O)NC[C@@H]2CCn3ncc(C(=O)N4CCOCC4)c3C2)ccn1. The lowest BCUT2D eigenvalue weighted by molar-refractivity contribution is 0.0301. The number of fused-ring (bicyclic) bond motifs is 1. The number of pyridine rings is 1. The van der Waals surface area contributed by atoms with Gasteiger partial charge in [0, 0.05) is 37.9 Å². The van der Waals surface area contributed by atoms with Crippen molar-refractivity contribution < 1.29 is 14.3 Å². The standard InChI is InChI=1S/C20H25N5O3S/c1-29-18-11-15(2-4-21-18)19(26)22-12-14-3-5-25-17(10-14)16(13-23-25)20(27)24-6-8-28-9-7-24/h2,4,11,13-14H,3,5-10,12H2,1H3,(H,22,26)/t14-/m1/s1. The Kier molecular flexibility index (Phi) is 6.15. The van der Waals surface area contributed by atoms with Gasteiger partial charge in [-0.3, -0.25) is 14.3 Å². The van der Waals surface area contributed by atoms with Crippen molar-refractivity contribution in [3.8, 4) is 0 Å². The molecule has 8 nitrogen and oxygen atoms in total. The molecule has 0 unspecified atom stereocenters. The van der Waals surface area contributed by atoms with Gasteiger partial charge in [-0.2, -0.15) is 5.10 Å². The summed E-state index contributed by atoms with van der Waals surface area (Å²) in [6, 6.07) is 3.53. The predicted molar refractivity (Wildman–Crippen MR) is 109 cm³/mol. The van der Waals surface area contributed by atoms with E-state index >= 15 is 0 Å². The molecule has 0 bridgehead atoms. The molecule has 9 heteroatoms. The molecule has 29 heavy (non-hydrogen) atoms. The molecule has 2 aromatic heterocycles. The molecular formula is C20H25N5O3S. The average molecular weight is 416 g/mol. The molecule has 0 spiro atoms. The van der Waals surface area contributed by atoms with E-state index in [1.165, 1.54) is 11.8 Å². The summed E-state index contributed by atoms with van der Waals surface area (Å²) in [5, 5.41) is 8.27. The van der Waals surface area contributed by atoms with Crippen molar-refractivity contribution in [3.63, 3.8) is 0 Å². The monoisotopic (exact) mass is 415 g/mol. The Hall–Kier alpha value is -2.39. The average Bonchev–Trinajstić information content (AvgIpc) is 3.20. The zero-order valence-electron chi connectivity index (χ0n) is 16.5. The van der Waals surface area contributed by atoms with E-state index in [1.807, 2.05) is 15.8 Å². The van der Waals surface area contributed by atoms with Crippen LogP contribution in [0.4, 0.5) is 0 Å². The molecule has 1 fully saturated rings. The van der Waals surface area contributed by atoms with Gasteiger partial charge < -0.3 is 15.0 Å². The Labute approximate surface area is 174 Å². The zero-order valence-corrected chi connectivity index (χ0v) is 17.3. The third-order valence-electron chi connectivity index (χ3n) is 5.47. The molecule has 2 aliphatic heterocycles. The van der Waals surface area contributed by atoms with E-state index in [1.54, 1.807) is 24.5 Å². The quantitative estimate of drug-likeness (QED) is 0.744. The summed E-state index contributed by atoms with van der Waals surface area (Å²) in [4.78, 5) is 31.4. The number of amides is 2. The number of nitrogens with zero attached hydrogens (tertiary/aromatic N) is 4. The maximum Gasteiger partial charge on any atom is 0.257 e. The number of thioether (sulfide) groups is 1. The van der Waals surface area contributed by atoms with Crippen LogP contribution >= 0.6 is 11.8 Å². The van der Waals surface area contributed by atoms with Crippen LogP contribution in [0, 0.1) is 5.92 Å². The first kappa shape index (κ1) is 19.9. The van der Waals surface area contributed by atoms with Crippen molar-refractivity contribution in [1.29, 1.82) is 0 Å². The van der Waals surface area contributed by atoms with Gasteiger partial charge in [-0.15, -0.1) is 11.8 Å². The van der Waals surface area contributed by atoms with Crippen molar-refractivity contribution in [1.82, 2.24) is 25.0 Å². The molecule has 1 saturated heterocycles. The van der Waals surface area contributed by atoms with E-state index in [0.717, 1.165) is 30.1 Å². The molecule has 0 radical (unpaired) electrons. The van der Waals surface area contributed by atoms with Crippen molar-refractivity contribution in [2.45, 2.75) is 24.4 Å². The highest BCUT2D eigenvalue weighted by Crippen LogP contribution is 2.24. The molecule has 2 aliphatic rings. The fourth-order valence-corrected chi connectivity index (χ4v) is 4.20. The number of rotatable bonds is 5. The lowest BCUT2D eigenvalue weighted by Gasteiger charge is -2.28. The van der Waals surface area contributed by atoms with Gasteiger partial charge in [-0.25, -0.2) is 4.98 Å². The fourth-order valence-electron chi connectivity index (χ4n) is 3.79. The van der Waals surface area contributed by atoms with Crippen molar-refractivity contribution in [3.05, 3.63) is 41.3 Å². The van der Waals surface area contributed by atoms with Crippen LogP contribution in [0.5, 0.6) is 0 Å². The first-order valence-corrected chi connectivity index (χ1v) is 11.1. The number of carbonyl (C=O) groups excluding carboxylic acids is 2. The summed E-state index contributed by atoms with van der Waals surface area (Å²) in [6.45, 7) is 3.73. The molecule has 4 rings (SSSR count). The summed E-state index contributed by atoms with van der Waals surface area (Å²) in [6.07, 6.45) is 6.94. The van der Waals surface area contributed by atoms with Crippen LogP contribution in [-0.2, 0) is 17.7 Å². The highest BCUT2D eigenvalue weighted by Gasteiger charge is 2.28. The predicted octanol–water partition coefficient (Wildman–Crippen LogP) is 1.46. The number of carbonyl (C=O) groups is 2. The second kappa shape index (κ2) is 8.96. The molecule has 1 atom stereocenters. The van der Waals surface area contributed by atoms with E-state index in [9.17, 15) is 9.59 Å². The van der Waals surface area contributed by atoms with Crippen molar-refractivity contribution >= 4 is 23.6 Å². The summed E-state index contributed by atoms with van der Waals surface area (Å²) in [5.74, 6) is 0.216. The van der Waals surface area contributed by atoms with Gasteiger partial charge in [0.05, 0.1) is 35.7 Å². The lowest BCUT2D eigenvalue weighted by atomic mass is 9.94. The van der Waals surface area contributed by atoms with E-state index in [-0.39, 0.29) is 17.7 Å². The highest BCUT2D eigenvalue weighted by atomic mass is 32.2. The van der Waals surface area contributed by atoms with Crippen molar-refractivity contribution in [2.24, 2.45) is 5.92 Å². The number of nitrogens with one attached hydrogen (secondary N) is 1. The fraction of sp³-hybridized carbons (Fsp3) is 0.500. The van der Waals surface area contributed by atoms with Gasteiger partial charge in [-0.1, -0.05) is 0 Å². The number of aryl methyl sites for hydroxylation is 1. The van der Waals surface area contributed by atoms with Gasteiger partial charge >= 0.3 is 0 Å². The Morgan fingerprint density at radius 3 is 2.93 bits per heavy atom. The first-order chi connectivity index (χ1) is 14.2. The molecule has 4 heterocycles. The van der Waals surface area contributed by atoms with E-state index in [0.29, 0.717) is 44.0 Å². The minimum atomic E-state index is -0.0913. The number of morpholine rings is 1. The van der Waals surface area contributed by atoms with Gasteiger partial charge in [-0.05, 0) is 37.1 Å². The third kappa shape index (κ3) is 4.45. The molecule has 0 aliphatic carbocycles. The second-order valence-electron chi connectivity index (χ2n) is 7.29. The molecular weight excluding hydrogens is 390 g/mol. The van der Waals surface area contributed by atoms with E-state index in [4.69, 9.17) is 4.74 Å². The number of hydrogen-bond acceptors (Lipinski definition) is 6. The summed E-state index contributed by atoms with van der Waals surface area (Å²) < 4.78 is 7.27. The largest absolute Gasteiger partial charge is 0.378 e. The van der Waals surface area contributed by atoms with Gasteiger partial charge in [0.2, 0.25) is 0 Å². The second-order valence-corrected chi connectivity index (χ2v) is 8.11. The summed E-state index contributed by atoms with van der Waals surface area (Å²) >= 11 is 1.51. The van der Waals surface area contributed by atoms with Gasteiger partial charge in [0.1, 0.15) is 0 Å². The van der Waals surface area contributed by atoms with E-state index in [2.05, 4.69) is 15.4 Å². The Morgan fingerprint density at radius 1 is 1.31 bits per heavy atom. The van der Waals surface area contributed by atoms with Crippen LogP contribution in [0.25, 0.3) is 0 Å². The normalized spacial score (nSPS) is 18.9. The van der Waals surface area contributed by atoms with Crippen molar-refractivity contribution in [2.75, 3.05) is 39.1 Å². The van der Waals surface area contributed by atoms with Crippen LogP contribution in [0.1, 0.15) is 32.8 Å². The van der Waals surface area contributed by atoms with Crippen LogP contribution < -0.4 is 5.32 Å². The Bertz CT molecular complexity index is 894. The van der Waals surface area contributed by atoms with Gasteiger partial charge in [0.25, 0.3) is 11.8 Å². The maximum absolute atomic E-state index is 12.9. The molecule has 0 aromatic carbocycles. The molecule has 1 N–H and O–H groups in total. The zero-order chi connectivity index (χ0) is 20.2. The molecule has 0 saturated carbocycles. The number of aromatic nitrogens is 3. The first-order valence-electron chi connectivity index (χ1n) is 9.85. The summed E-state index contributed by atoms with van der Waals surface area (Å²) in [5.41, 5.74) is 2.27. The maximum atomic E-state index is 12.9. The van der Waals surface area contributed by atoms with Gasteiger partial charge in [0.15, 0.2) is 0 Å². The minimum absolute atomic E-state index is 0.0283. The summed E-state index contributed by atoms with van der Waals surface area (Å²) in [7, 11) is 0. The van der Waals surface area contributed by atoms with Crippen LogP contribution in [0.2, 0.25) is 0 Å². The topological polar surface area (TPSA) is 89.4 Å². The van der Waals surface area contributed by atoms with Crippen LogP contribution in [0.15, 0.2) is 29.6 Å². The number of ether oxygens (including phenoxy) is 1. The van der Waals surface area contributed by atoms with E-state index < -0.39 is 0 Å². The van der Waals surface area contributed by atoms with Crippen LogP contribution in [0.3, 0.4) is 0 Å². The third-order valence-corrected chi connectivity index (χ3v) is 6.11. The Morgan fingerprint density at radius 2 is 2.14 bits per heavy atom. The minimum Gasteiger partial charge on any atom is -0.378 e. The number of hydrogen-bond donors (Lipinski definition) is 1. The highest BCUT2D eigenvalue weighted by molar-refractivity contribution is 7.98. The molecule has 2 amide bonds. The molecule has 2 aromatic rings. The smallest absolute Gasteiger partial charge is 0.257 e. The Balaban J connectivity index is 1.39. The lowest BCUT2D eigenvalue weighted by Crippen LogP contribution is -2.41.